The van der Waals surface area contributed by atoms with Crippen LogP contribution in [0.2, 0.25) is 0 Å². The molecular formula is C24H14N2O5. The van der Waals surface area contributed by atoms with E-state index in [1.807, 2.05) is 0 Å². The molecule has 1 aliphatic rings. The molecule has 2 heterocycles. The van der Waals surface area contributed by atoms with Gasteiger partial charge in [-0.05, 0) is 24.3 Å². The third-order valence-electron chi connectivity index (χ3n) is 5.33. The molecule has 2 aromatic heterocycles. The van der Waals surface area contributed by atoms with Gasteiger partial charge in [0.15, 0.2) is 5.78 Å². The van der Waals surface area contributed by atoms with Crippen molar-refractivity contribution in [2.75, 3.05) is 5.32 Å². The minimum atomic E-state index is -1.19. The number of carboxylic acid groups (broad SMARTS) is 1. The SMILES string of the molecule is O=C(O)c1ccccc1NC(=O)c1c2c(n3ccccc13)C(=O)c1ccccc1C2=O. The first-order chi connectivity index (χ1) is 15.0. The molecule has 0 fully saturated rings. The Morgan fingerprint density at radius 1 is 0.806 bits per heavy atom. The maximum Gasteiger partial charge on any atom is 0.337 e. The largest absolute Gasteiger partial charge is 0.478 e. The molecular weight excluding hydrogens is 396 g/mol. The first-order valence-electron chi connectivity index (χ1n) is 9.44. The molecule has 7 nitrogen and oxygen atoms in total. The van der Waals surface area contributed by atoms with Crippen molar-refractivity contribution >= 4 is 34.6 Å². The fourth-order valence-electron chi connectivity index (χ4n) is 3.99. The molecule has 4 aromatic rings. The Morgan fingerprint density at radius 2 is 1.45 bits per heavy atom. The second kappa shape index (κ2) is 6.77. The number of para-hydroxylation sites is 1. The lowest BCUT2D eigenvalue weighted by atomic mass is 9.86. The van der Waals surface area contributed by atoms with Crippen LogP contribution in [0.5, 0.6) is 0 Å². The maximum absolute atomic E-state index is 13.3. The molecule has 1 amide bonds. The van der Waals surface area contributed by atoms with E-state index in [0.717, 1.165) is 0 Å². The number of carboxylic acids is 1. The number of nitrogens with zero attached hydrogens (tertiary/aromatic N) is 1. The molecule has 0 radical (unpaired) electrons. The number of aromatic nitrogens is 1. The number of rotatable bonds is 3. The molecule has 0 bridgehead atoms. The van der Waals surface area contributed by atoms with Crippen LogP contribution in [0.1, 0.15) is 52.7 Å². The van der Waals surface area contributed by atoms with Crippen LogP contribution in [0.4, 0.5) is 5.69 Å². The second-order valence-electron chi connectivity index (χ2n) is 7.06. The van der Waals surface area contributed by atoms with Gasteiger partial charge in [-0.2, -0.15) is 0 Å². The predicted molar refractivity (Wildman–Crippen MR) is 112 cm³/mol. The van der Waals surface area contributed by atoms with Crippen LogP contribution in [-0.4, -0.2) is 33.0 Å². The molecule has 150 valence electrons. The van der Waals surface area contributed by atoms with E-state index in [9.17, 15) is 24.3 Å². The monoisotopic (exact) mass is 410 g/mol. The van der Waals surface area contributed by atoms with Crippen molar-refractivity contribution in [1.29, 1.82) is 0 Å². The number of pyridine rings is 1. The van der Waals surface area contributed by atoms with Crippen molar-refractivity contribution < 1.29 is 24.3 Å². The number of fused-ring (bicyclic) bond motifs is 4. The Bertz CT molecular complexity index is 1450. The molecule has 0 spiro atoms. The van der Waals surface area contributed by atoms with Crippen molar-refractivity contribution in [2.45, 2.75) is 0 Å². The van der Waals surface area contributed by atoms with E-state index >= 15 is 0 Å². The smallest absolute Gasteiger partial charge is 0.337 e. The summed E-state index contributed by atoms with van der Waals surface area (Å²) in [5.41, 5.74) is 1.08. The van der Waals surface area contributed by atoms with Gasteiger partial charge >= 0.3 is 5.97 Å². The summed E-state index contributed by atoms with van der Waals surface area (Å²) in [5.74, 6) is -2.64. The first-order valence-corrected chi connectivity index (χ1v) is 9.44. The van der Waals surface area contributed by atoms with Gasteiger partial charge in [0.05, 0.1) is 27.9 Å². The minimum Gasteiger partial charge on any atom is -0.478 e. The van der Waals surface area contributed by atoms with Crippen molar-refractivity contribution in [3.05, 3.63) is 106 Å². The summed E-state index contributed by atoms with van der Waals surface area (Å²) < 4.78 is 1.53. The van der Waals surface area contributed by atoms with Crippen molar-refractivity contribution in [3.8, 4) is 0 Å². The quantitative estimate of drug-likeness (QED) is 0.472. The standard InChI is InChI=1S/C24H14N2O5/c27-21-13-7-1-2-8-14(13)22(28)20-19(21)18(17-11-5-6-12-26(17)20)23(29)25-16-10-4-3-9-15(16)24(30)31/h1-12H,(H,25,29)(H,30,31). The number of hydrogen-bond acceptors (Lipinski definition) is 4. The summed E-state index contributed by atoms with van der Waals surface area (Å²) in [6.45, 7) is 0. The molecule has 2 aromatic carbocycles. The van der Waals surface area contributed by atoms with Gasteiger partial charge in [-0.15, -0.1) is 0 Å². The number of hydrogen-bond donors (Lipinski definition) is 2. The summed E-state index contributed by atoms with van der Waals surface area (Å²) >= 11 is 0. The van der Waals surface area contributed by atoms with E-state index in [2.05, 4.69) is 5.32 Å². The van der Waals surface area contributed by atoms with Gasteiger partial charge < -0.3 is 14.8 Å². The molecule has 5 rings (SSSR count). The Morgan fingerprint density at radius 3 is 2.19 bits per heavy atom. The lowest BCUT2D eigenvalue weighted by Gasteiger charge is -2.16. The number of benzene rings is 2. The zero-order chi connectivity index (χ0) is 21.7. The van der Waals surface area contributed by atoms with Gasteiger partial charge in [0, 0.05) is 17.3 Å². The summed E-state index contributed by atoms with van der Waals surface area (Å²) in [5, 5.41) is 12.0. The summed E-state index contributed by atoms with van der Waals surface area (Å²) in [7, 11) is 0. The van der Waals surface area contributed by atoms with Gasteiger partial charge in [0.25, 0.3) is 5.91 Å². The summed E-state index contributed by atoms with van der Waals surface area (Å²) in [6, 6.07) is 17.5. The van der Waals surface area contributed by atoms with Crippen molar-refractivity contribution in [1.82, 2.24) is 4.40 Å². The number of ketones is 2. The predicted octanol–water partition coefficient (Wildman–Crippen LogP) is 3.67. The Balaban J connectivity index is 1.73. The van der Waals surface area contributed by atoms with E-state index in [1.54, 1.807) is 60.8 Å². The normalized spacial score (nSPS) is 12.4. The summed E-state index contributed by atoms with van der Waals surface area (Å²) in [6.07, 6.45) is 1.62. The van der Waals surface area contributed by atoms with Gasteiger partial charge in [-0.3, -0.25) is 14.4 Å². The first kappa shape index (κ1) is 18.5. The highest BCUT2D eigenvalue weighted by Gasteiger charge is 2.37. The maximum atomic E-state index is 13.3. The van der Waals surface area contributed by atoms with Crippen LogP contribution >= 0.6 is 0 Å². The number of aromatic carboxylic acids is 1. The van der Waals surface area contributed by atoms with E-state index in [1.165, 1.54) is 16.5 Å². The van der Waals surface area contributed by atoms with Crippen molar-refractivity contribution in [3.63, 3.8) is 0 Å². The van der Waals surface area contributed by atoms with E-state index in [0.29, 0.717) is 5.52 Å². The lowest BCUT2D eigenvalue weighted by Crippen LogP contribution is -2.24. The zero-order valence-corrected chi connectivity index (χ0v) is 16.0. The third kappa shape index (κ3) is 2.67. The summed E-state index contributed by atoms with van der Waals surface area (Å²) in [4.78, 5) is 51.4. The highest BCUT2D eigenvalue weighted by atomic mass is 16.4. The number of carbonyl (C=O) groups excluding carboxylic acids is 3. The van der Waals surface area contributed by atoms with Crippen LogP contribution in [0, 0.1) is 0 Å². The van der Waals surface area contributed by atoms with Gasteiger partial charge in [-0.1, -0.05) is 42.5 Å². The molecule has 0 saturated carbocycles. The fraction of sp³-hybridized carbons (Fsp3) is 0. The van der Waals surface area contributed by atoms with Crippen LogP contribution < -0.4 is 5.32 Å². The number of anilines is 1. The second-order valence-corrected chi connectivity index (χ2v) is 7.06. The Labute approximate surface area is 175 Å². The lowest BCUT2D eigenvalue weighted by molar-refractivity contribution is 0.0697. The van der Waals surface area contributed by atoms with E-state index in [4.69, 9.17) is 0 Å². The fourth-order valence-corrected chi connectivity index (χ4v) is 3.99. The molecule has 0 atom stereocenters. The highest BCUT2D eigenvalue weighted by Crippen LogP contribution is 2.34. The van der Waals surface area contributed by atoms with Gasteiger partial charge in [0.1, 0.15) is 5.69 Å². The number of nitrogens with one attached hydrogen (secondary N) is 1. The van der Waals surface area contributed by atoms with E-state index < -0.39 is 17.7 Å². The van der Waals surface area contributed by atoms with Crippen LogP contribution in [-0.2, 0) is 0 Å². The zero-order valence-electron chi connectivity index (χ0n) is 16.0. The van der Waals surface area contributed by atoms with Crippen LogP contribution in [0.25, 0.3) is 5.52 Å². The van der Waals surface area contributed by atoms with Crippen LogP contribution in [0.3, 0.4) is 0 Å². The average Bonchev–Trinajstić information content (AvgIpc) is 3.13. The van der Waals surface area contributed by atoms with Crippen LogP contribution in [0.15, 0.2) is 72.9 Å². The third-order valence-corrected chi connectivity index (χ3v) is 5.33. The van der Waals surface area contributed by atoms with E-state index in [-0.39, 0.29) is 45.0 Å². The molecule has 7 heteroatoms. The van der Waals surface area contributed by atoms with Gasteiger partial charge in [-0.25, -0.2) is 4.79 Å². The highest BCUT2D eigenvalue weighted by molar-refractivity contribution is 6.33. The Kier molecular flexibility index (Phi) is 4.04. The number of amides is 1. The molecule has 0 saturated heterocycles. The van der Waals surface area contributed by atoms with Gasteiger partial charge in [0.2, 0.25) is 5.78 Å². The average molecular weight is 410 g/mol. The Hall–Kier alpha value is -4.52. The number of carbonyl (C=O) groups is 4. The van der Waals surface area contributed by atoms with Crippen molar-refractivity contribution in [2.24, 2.45) is 0 Å². The molecule has 0 aliphatic heterocycles. The minimum absolute atomic E-state index is 0.0141. The molecule has 31 heavy (non-hydrogen) atoms. The molecule has 1 aliphatic carbocycles. The topological polar surface area (TPSA) is 105 Å². The molecule has 2 N–H and O–H groups in total. The molecule has 0 unspecified atom stereocenters.